The van der Waals surface area contributed by atoms with Crippen molar-refractivity contribution < 1.29 is 0 Å². The smallest absolute Gasteiger partial charge is 0.0403 e. The van der Waals surface area contributed by atoms with Gasteiger partial charge in [0.1, 0.15) is 0 Å². The molecule has 0 saturated heterocycles. The third-order valence-corrected chi connectivity index (χ3v) is 4.46. The summed E-state index contributed by atoms with van der Waals surface area (Å²) in [6.07, 6.45) is 12.1. The fourth-order valence-corrected chi connectivity index (χ4v) is 3.10. The predicted octanol–water partition coefficient (Wildman–Crippen LogP) is 1.74. The lowest BCUT2D eigenvalue weighted by molar-refractivity contribution is 0.0408. The van der Waals surface area contributed by atoms with Gasteiger partial charge in [-0.1, -0.05) is 6.92 Å². The monoisotopic (exact) mass is 237 g/mol. The van der Waals surface area contributed by atoms with E-state index in [1.165, 1.54) is 25.7 Å². The molecule has 0 spiro atoms. The number of hydrogen-bond donors (Lipinski definition) is 2. The number of hydrogen-bond acceptors (Lipinski definition) is 3. The highest BCUT2D eigenvalue weighted by Crippen LogP contribution is 2.38. The summed E-state index contributed by atoms with van der Waals surface area (Å²) in [4.78, 5) is 2.35. The second kappa shape index (κ2) is 6.39. The molecule has 0 radical (unpaired) electrons. The Balaban J connectivity index is 2.79. The highest BCUT2D eigenvalue weighted by molar-refractivity contribution is 5.02. The van der Waals surface area contributed by atoms with Crippen LogP contribution in [0.3, 0.4) is 0 Å². The Kier molecular flexibility index (Phi) is 5.45. The second-order valence-corrected chi connectivity index (χ2v) is 5.64. The summed E-state index contributed by atoms with van der Waals surface area (Å²) in [5.41, 5.74) is 3.19. The first-order valence-electron chi connectivity index (χ1n) is 6.64. The van der Waals surface area contributed by atoms with Crippen molar-refractivity contribution in [1.29, 1.82) is 0 Å². The number of rotatable bonds is 5. The SMILES string of the molecule is C#CCCC(NN)C1(N(C)C)CCC(C)CC1. The molecule has 0 aromatic heterocycles. The van der Waals surface area contributed by atoms with Crippen LogP contribution in [0.2, 0.25) is 0 Å². The van der Waals surface area contributed by atoms with Gasteiger partial charge in [-0.2, -0.15) is 0 Å². The van der Waals surface area contributed by atoms with Gasteiger partial charge in [-0.3, -0.25) is 11.3 Å². The first-order chi connectivity index (χ1) is 8.06. The lowest BCUT2D eigenvalue weighted by Gasteiger charge is -2.49. The first kappa shape index (κ1) is 14.5. The Morgan fingerprint density at radius 3 is 2.47 bits per heavy atom. The van der Waals surface area contributed by atoms with Crippen LogP contribution in [0.1, 0.15) is 45.4 Å². The fraction of sp³-hybridized carbons (Fsp3) is 0.857. The van der Waals surface area contributed by atoms with E-state index in [0.717, 1.165) is 18.8 Å². The minimum atomic E-state index is 0.179. The topological polar surface area (TPSA) is 41.3 Å². The highest BCUT2D eigenvalue weighted by Gasteiger charge is 2.42. The molecule has 3 heteroatoms. The Bertz CT molecular complexity index is 259. The van der Waals surface area contributed by atoms with Gasteiger partial charge in [-0.25, -0.2) is 0 Å². The molecule has 3 nitrogen and oxygen atoms in total. The van der Waals surface area contributed by atoms with Gasteiger partial charge in [0.05, 0.1) is 0 Å². The Morgan fingerprint density at radius 2 is 2.06 bits per heavy atom. The fourth-order valence-electron chi connectivity index (χ4n) is 3.10. The molecule has 1 rings (SSSR count). The number of terminal acetylenes is 1. The molecule has 0 heterocycles. The third-order valence-electron chi connectivity index (χ3n) is 4.46. The van der Waals surface area contributed by atoms with Gasteiger partial charge >= 0.3 is 0 Å². The molecule has 0 aromatic rings. The standard InChI is InChI=1S/C14H27N3/c1-5-6-7-13(16-15)14(17(3)4)10-8-12(2)9-11-14/h1,12-13,16H,6-11,15H2,2-4H3. The molecule has 0 amide bonds. The minimum Gasteiger partial charge on any atom is -0.302 e. The number of nitrogens with two attached hydrogens (primary N) is 1. The molecular formula is C14H27N3. The highest BCUT2D eigenvalue weighted by atomic mass is 15.3. The van der Waals surface area contributed by atoms with Crippen LogP contribution in [-0.2, 0) is 0 Å². The zero-order chi connectivity index (χ0) is 12.9. The molecule has 17 heavy (non-hydrogen) atoms. The molecule has 3 N–H and O–H groups in total. The van der Waals surface area contributed by atoms with E-state index in [4.69, 9.17) is 12.3 Å². The van der Waals surface area contributed by atoms with E-state index in [2.05, 4.69) is 37.3 Å². The van der Waals surface area contributed by atoms with Crippen molar-refractivity contribution in [2.24, 2.45) is 11.8 Å². The van der Waals surface area contributed by atoms with Gasteiger partial charge in [0.15, 0.2) is 0 Å². The molecule has 0 aliphatic heterocycles. The Morgan fingerprint density at radius 1 is 1.47 bits per heavy atom. The maximum atomic E-state index is 5.76. The van der Waals surface area contributed by atoms with E-state index in [-0.39, 0.29) is 5.54 Å². The van der Waals surface area contributed by atoms with E-state index >= 15 is 0 Å². The second-order valence-electron chi connectivity index (χ2n) is 5.64. The molecule has 1 aliphatic carbocycles. The predicted molar refractivity (Wildman–Crippen MR) is 73.2 cm³/mol. The van der Waals surface area contributed by atoms with E-state index in [1.54, 1.807) is 0 Å². The molecule has 1 aliphatic rings. The number of nitrogens with zero attached hydrogens (tertiary/aromatic N) is 1. The first-order valence-corrected chi connectivity index (χ1v) is 6.64. The summed E-state index contributed by atoms with van der Waals surface area (Å²) in [5, 5.41) is 0. The van der Waals surface area contributed by atoms with Crippen molar-refractivity contribution >= 4 is 0 Å². The minimum absolute atomic E-state index is 0.179. The number of hydrazine groups is 1. The molecule has 1 saturated carbocycles. The Labute approximate surface area is 106 Å². The zero-order valence-electron chi connectivity index (χ0n) is 11.5. The van der Waals surface area contributed by atoms with Crippen LogP contribution in [-0.4, -0.2) is 30.6 Å². The Hall–Kier alpha value is -0.560. The van der Waals surface area contributed by atoms with Gasteiger partial charge in [0.25, 0.3) is 0 Å². The van der Waals surface area contributed by atoms with Crippen LogP contribution in [0, 0.1) is 18.3 Å². The van der Waals surface area contributed by atoms with Crippen LogP contribution in [0.15, 0.2) is 0 Å². The lowest BCUT2D eigenvalue weighted by atomic mass is 9.71. The van der Waals surface area contributed by atoms with E-state index in [9.17, 15) is 0 Å². The summed E-state index contributed by atoms with van der Waals surface area (Å²) in [6, 6.07) is 0.293. The van der Waals surface area contributed by atoms with Crippen LogP contribution in [0.5, 0.6) is 0 Å². The van der Waals surface area contributed by atoms with Gasteiger partial charge < -0.3 is 4.90 Å². The van der Waals surface area contributed by atoms with Gasteiger partial charge in [-0.05, 0) is 52.1 Å². The van der Waals surface area contributed by atoms with Crippen LogP contribution < -0.4 is 11.3 Å². The van der Waals surface area contributed by atoms with Crippen molar-refractivity contribution in [2.45, 2.75) is 57.0 Å². The normalized spacial score (nSPS) is 31.2. The van der Waals surface area contributed by atoms with Gasteiger partial charge in [-0.15, -0.1) is 12.3 Å². The van der Waals surface area contributed by atoms with E-state index < -0.39 is 0 Å². The van der Waals surface area contributed by atoms with Gasteiger partial charge in [0.2, 0.25) is 0 Å². The molecule has 1 atom stereocenters. The summed E-state index contributed by atoms with van der Waals surface area (Å²) < 4.78 is 0. The molecule has 1 fully saturated rings. The van der Waals surface area contributed by atoms with E-state index in [1.807, 2.05) is 0 Å². The molecule has 98 valence electrons. The van der Waals surface area contributed by atoms with E-state index in [0.29, 0.717) is 6.04 Å². The molecular weight excluding hydrogens is 210 g/mol. The van der Waals surface area contributed by atoms with Crippen molar-refractivity contribution in [3.63, 3.8) is 0 Å². The quantitative estimate of drug-likeness (QED) is 0.435. The average Bonchev–Trinajstić information content (AvgIpc) is 2.32. The van der Waals surface area contributed by atoms with Crippen LogP contribution in [0.25, 0.3) is 0 Å². The maximum absolute atomic E-state index is 5.76. The average molecular weight is 237 g/mol. The van der Waals surface area contributed by atoms with Crippen LogP contribution >= 0.6 is 0 Å². The summed E-state index contributed by atoms with van der Waals surface area (Å²) in [7, 11) is 4.33. The third kappa shape index (κ3) is 3.22. The largest absolute Gasteiger partial charge is 0.302 e. The van der Waals surface area contributed by atoms with Crippen LogP contribution in [0.4, 0.5) is 0 Å². The van der Waals surface area contributed by atoms with Gasteiger partial charge in [0, 0.05) is 18.0 Å². The summed E-state index contributed by atoms with van der Waals surface area (Å²) in [6.45, 7) is 2.34. The summed E-state index contributed by atoms with van der Waals surface area (Å²) >= 11 is 0. The van der Waals surface area contributed by atoms with Crippen molar-refractivity contribution in [2.75, 3.05) is 14.1 Å². The van der Waals surface area contributed by atoms with Crippen molar-refractivity contribution in [3.8, 4) is 12.3 Å². The number of likely N-dealkylation sites (N-methyl/N-ethyl adjacent to an activating group) is 1. The summed E-state index contributed by atoms with van der Waals surface area (Å²) in [5.74, 6) is 9.32. The number of nitrogens with one attached hydrogen (secondary N) is 1. The van der Waals surface area contributed by atoms with Crippen molar-refractivity contribution in [3.05, 3.63) is 0 Å². The zero-order valence-corrected chi connectivity index (χ0v) is 11.5. The maximum Gasteiger partial charge on any atom is 0.0403 e. The molecule has 0 aromatic carbocycles. The molecule has 1 unspecified atom stereocenters. The van der Waals surface area contributed by atoms with Crippen molar-refractivity contribution in [1.82, 2.24) is 10.3 Å². The molecule has 0 bridgehead atoms. The lowest BCUT2D eigenvalue weighted by Crippen LogP contribution is -2.61.